The molecule has 0 radical (unpaired) electrons. The number of aliphatic hydroxyl groups excluding tert-OH is 1. The van der Waals surface area contributed by atoms with Crippen LogP contribution >= 0.6 is 0 Å². The molecule has 0 aromatic heterocycles. The fraction of sp³-hybridized carbons (Fsp3) is 0.917. The Morgan fingerprint density at radius 1 is 1.38 bits per heavy atom. The van der Waals surface area contributed by atoms with Crippen LogP contribution in [0.1, 0.15) is 47.0 Å². The van der Waals surface area contributed by atoms with E-state index in [2.05, 4.69) is 0 Å². The van der Waals surface area contributed by atoms with Crippen molar-refractivity contribution in [3.63, 3.8) is 0 Å². The maximum Gasteiger partial charge on any atom is 0.302 e. The lowest BCUT2D eigenvalue weighted by Crippen LogP contribution is -2.31. The number of hydrogen-bond acceptors (Lipinski definition) is 3. The van der Waals surface area contributed by atoms with Crippen LogP contribution in [0.5, 0.6) is 0 Å². The van der Waals surface area contributed by atoms with Crippen LogP contribution in [0.25, 0.3) is 0 Å². The first-order chi connectivity index (χ1) is 7.23. The topological polar surface area (TPSA) is 46.5 Å². The molecular weight excluding hydrogens is 211 g/mol. The molecule has 0 saturated heterocycles. The van der Waals surface area contributed by atoms with E-state index in [9.17, 15) is 14.3 Å². The van der Waals surface area contributed by atoms with E-state index in [1.54, 1.807) is 0 Å². The van der Waals surface area contributed by atoms with Crippen molar-refractivity contribution in [2.75, 3.05) is 6.61 Å². The van der Waals surface area contributed by atoms with Crippen molar-refractivity contribution in [1.29, 1.82) is 0 Å². The van der Waals surface area contributed by atoms with Gasteiger partial charge in [0.25, 0.3) is 0 Å². The van der Waals surface area contributed by atoms with E-state index in [1.807, 2.05) is 6.92 Å². The molecule has 0 saturated carbocycles. The molecule has 16 heavy (non-hydrogen) atoms. The molecular formula is C12H23FO3. The van der Waals surface area contributed by atoms with E-state index in [4.69, 9.17) is 4.74 Å². The van der Waals surface area contributed by atoms with E-state index in [-0.39, 0.29) is 5.97 Å². The standard InChI is InChI=1S/C12H23FO3/c1-9(7-8-16-10(2)14)5-6-11(15)12(3,4)13/h9,11,15H,5-8H2,1-4H3/t9-,11+/m0/s1. The van der Waals surface area contributed by atoms with E-state index in [1.165, 1.54) is 20.8 Å². The molecule has 3 nitrogen and oxygen atoms in total. The average molecular weight is 234 g/mol. The summed E-state index contributed by atoms with van der Waals surface area (Å²) in [4.78, 5) is 10.5. The molecule has 0 aromatic rings. The van der Waals surface area contributed by atoms with Crippen molar-refractivity contribution in [1.82, 2.24) is 0 Å². The summed E-state index contributed by atoms with van der Waals surface area (Å²) in [5.41, 5.74) is -1.55. The molecule has 0 aromatic carbocycles. The zero-order valence-electron chi connectivity index (χ0n) is 10.6. The molecule has 0 fully saturated rings. The van der Waals surface area contributed by atoms with Crippen LogP contribution in [0.2, 0.25) is 0 Å². The summed E-state index contributed by atoms with van der Waals surface area (Å²) in [7, 11) is 0. The number of carbonyl (C=O) groups excluding carboxylic acids is 1. The van der Waals surface area contributed by atoms with E-state index in [0.29, 0.717) is 18.9 Å². The lowest BCUT2D eigenvalue weighted by atomic mass is 9.94. The van der Waals surface area contributed by atoms with Gasteiger partial charge in [0.1, 0.15) is 5.67 Å². The minimum atomic E-state index is -1.55. The van der Waals surface area contributed by atoms with Gasteiger partial charge in [-0.05, 0) is 39.0 Å². The third-order valence-corrected chi connectivity index (χ3v) is 2.64. The Hall–Kier alpha value is -0.640. The third kappa shape index (κ3) is 7.63. The van der Waals surface area contributed by atoms with Crippen LogP contribution in [-0.4, -0.2) is 29.5 Å². The minimum absolute atomic E-state index is 0.280. The number of esters is 1. The number of ether oxygens (including phenoxy) is 1. The highest BCUT2D eigenvalue weighted by atomic mass is 19.1. The minimum Gasteiger partial charge on any atom is -0.466 e. The number of rotatable bonds is 7. The molecule has 0 aliphatic heterocycles. The number of halogens is 1. The normalized spacial score (nSPS) is 15.6. The molecule has 2 atom stereocenters. The highest BCUT2D eigenvalue weighted by molar-refractivity contribution is 5.65. The summed E-state index contributed by atoms with van der Waals surface area (Å²) in [6.45, 7) is 6.52. The SMILES string of the molecule is CC(=O)OCC[C@@H](C)CC[C@@H](O)C(C)(C)F. The van der Waals surface area contributed by atoms with Gasteiger partial charge in [-0.3, -0.25) is 4.79 Å². The molecule has 1 N–H and O–H groups in total. The Bertz CT molecular complexity index is 211. The average Bonchev–Trinajstić information content (AvgIpc) is 2.11. The Balaban J connectivity index is 3.65. The van der Waals surface area contributed by atoms with Gasteiger partial charge in [-0.15, -0.1) is 0 Å². The molecule has 0 heterocycles. The van der Waals surface area contributed by atoms with Crippen LogP contribution < -0.4 is 0 Å². The summed E-state index contributed by atoms with van der Waals surface area (Å²) in [6, 6.07) is 0. The summed E-state index contributed by atoms with van der Waals surface area (Å²) >= 11 is 0. The van der Waals surface area contributed by atoms with Gasteiger partial charge in [0.15, 0.2) is 0 Å². The van der Waals surface area contributed by atoms with Crippen molar-refractivity contribution in [3.8, 4) is 0 Å². The van der Waals surface area contributed by atoms with Crippen LogP contribution in [0.15, 0.2) is 0 Å². The first-order valence-corrected chi connectivity index (χ1v) is 5.73. The first-order valence-electron chi connectivity index (χ1n) is 5.73. The molecule has 96 valence electrons. The van der Waals surface area contributed by atoms with E-state index >= 15 is 0 Å². The van der Waals surface area contributed by atoms with Crippen molar-refractivity contribution >= 4 is 5.97 Å². The highest BCUT2D eigenvalue weighted by Crippen LogP contribution is 2.21. The van der Waals surface area contributed by atoms with Crippen LogP contribution in [0, 0.1) is 5.92 Å². The Morgan fingerprint density at radius 2 is 1.94 bits per heavy atom. The van der Waals surface area contributed by atoms with Gasteiger partial charge in [-0.1, -0.05) is 6.92 Å². The van der Waals surface area contributed by atoms with Gasteiger partial charge in [0.2, 0.25) is 0 Å². The third-order valence-electron chi connectivity index (χ3n) is 2.64. The summed E-state index contributed by atoms with van der Waals surface area (Å²) in [5, 5.41) is 9.49. The van der Waals surface area contributed by atoms with E-state index in [0.717, 1.165) is 12.8 Å². The molecule has 0 spiro atoms. The quantitative estimate of drug-likeness (QED) is 0.688. The second-order valence-corrected chi connectivity index (χ2v) is 4.89. The van der Waals surface area contributed by atoms with Crippen molar-refractivity contribution in [2.24, 2.45) is 5.92 Å². The number of alkyl halides is 1. The Kier molecular flexibility index (Phi) is 6.56. The Labute approximate surface area is 97.0 Å². The van der Waals surface area contributed by atoms with Crippen LogP contribution in [-0.2, 0) is 9.53 Å². The Morgan fingerprint density at radius 3 is 2.38 bits per heavy atom. The molecule has 0 aliphatic carbocycles. The zero-order valence-corrected chi connectivity index (χ0v) is 10.6. The largest absolute Gasteiger partial charge is 0.466 e. The first kappa shape index (κ1) is 15.4. The van der Waals surface area contributed by atoms with Gasteiger partial charge in [-0.2, -0.15) is 0 Å². The number of carbonyl (C=O) groups is 1. The van der Waals surface area contributed by atoms with Crippen molar-refractivity contribution < 1.29 is 19.0 Å². The summed E-state index contributed by atoms with van der Waals surface area (Å²) < 4.78 is 18.1. The molecule has 0 bridgehead atoms. The predicted octanol–water partition coefficient (Wildman–Crippen LogP) is 2.46. The number of hydrogen-bond donors (Lipinski definition) is 1. The lowest BCUT2D eigenvalue weighted by Gasteiger charge is -2.23. The fourth-order valence-electron chi connectivity index (χ4n) is 1.33. The maximum atomic E-state index is 13.3. The lowest BCUT2D eigenvalue weighted by molar-refractivity contribution is -0.141. The summed E-state index contributed by atoms with van der Waals surface area (Å²) in [6.07, 6.45) is 0.989. The fourth-order valence-corrected chi connectivity index (χ4v) is 1.33. The second-order valence-electron chi connectivity index (χ2n) is 4.89. The monoisotopic (exact) mass is 234 g/mol. The molecule has 0 aliphatic rings. The van der Waals surface area contributed by atoms with Gasteiger partial charge in [-0.25, -0.2) is 4.39 Å². The maximum absolute atomic E-state index is 13.3. The van der Waals surface area contributed by atoms with Gasteiger partial charge < -0.3 is 9.84 Å². The molecule has 4 heteroatoms. The van der Waals surface area contributed by atoms with Crippen molar-refractivity contribution in [2.45, 2.75) is 58.7 Å². The van der Waals surface area contributed by atoms with Crippen LogP contribution in [0.4, 0.5) is 4.39 Å². The predicted molar refractivity (Wildman–Crippen MR) is 60.8 cm³/mol. The van der Waals surface area contributed by atoms with Crippen LogP contribution in [0.3, 0.4) is 0 Å². The van der Waals surface area contributed by atoms with Gasteiger partial charge in [0.05, 0.1) is 12.7 Å². The molecule has 0 rings (SSSR count). The molecule has 0 unspecified atom stereocenters. The molecule has 0 amide bonds. The zero-order chi connectivity index (χ0) is 12.8. The van der Waals surface area contributed by atoms with Gasteiger partial charge in [0, 0.05) is 6.92 Å². The highest BCUT2D eigenvalue weighted by Gasteiger charge is 2.26. The second kappa shape index (κ2) is 6.84. The van der Waals surface area contributed by atoms with E-state index < -0.39 is 11.8 Å². The smallest absolute Gasteiger partial charge is 0.302 e. The van der Waals surface area contributed by atoms with Crippen molar-refractivity contribution in [3.05, 3.63) is 0 Å². The van der Waals surface area contributed by atoms with Gasteiger partial charge >= 0.3 is 5.97 Å². The number of aliphatic hydroxyl groups is 1. The summed E-state index contributed by atoms with van der Waals surface area (Å²) in [5.74, 6) is 0.0356.